The number of Topliss-reactive ketones (excluding diaryl/α,β-unsaturated/α-hetero) is 1. The summed E-state index contributed by atoms with van der Waals surface area (Å²) in [4.78, 5) is 34.5. The lowest BCUT2D eigenvalue weighted by molar-refractivity contribution is -0.118. The fourth-order valence-corrected chi connectivity index (χ4v) is 2.96. The van der Waals surface area contributed by atoms with Gasteiger partial charge in [0.15, 0.2) is 12.4 Å². The molecule has 0 bridgehead atoms. The summed E-state index contributed by atoms with van der Waals surface area (Å²) >= 11 is 0. The smallest absolute Gasteiger partial charge is 0.262 e. The van der Waals surface area contributed by atoms with Gasteiger partial charge in [-0.1, -0.05) is 0 Å². The van der Waals surface area contributed by atoms with Crippen LogP contribution in [0.5, 0.6) is 5.88 Å². The summed E-state index contributed by atoms with van der Waals surface area (Å²) in [6.45, 7) is 5.13. The number of benzene rings is 1. The Morgan fingerprint density at radius 1 is 1.11 bits per heavy atom. The number of nitrogens with one attached hydrogen (secondary N) is 1. The second-order valence-corrected chi connectivity index (χ2v) is 6.67. The molecule has 1 aromatic carbocycles. The molecular weight excluding hydrogens is 344 g/mol. The molecule has 1 fully saturated rings. The van der Waals surface area contributed by atoms with Crippen molar-refractivity contribution >= 4 is 23.3 Å². The molecule has 1 aromatic heterocycles. The van der Waals surface area contributed by atoms with Gasteiger partial charge in [-0.15, -0.1) is 0 Å². The molecule has 1 aliphatic heterocycles. The van der Waals surface area contributed by atoms with E-state index in [1.807, 2.05) is 6.92 Å². The molecule has 0 radical (unpaired) electrons. The van der Waals surface area contributed by atoms with Crippen molar-refractivity contribution in [1.29, 1.82) is 0 Å². The molecule has 1 saturated heterocycles. The van der Waals surface area contributed by atoms with Crippen molar-refractivity contribution < 1.29 is 14.3 Å². The van der Waals surface area contributed by atoms with Crippen molar-refractivity contribution in [2.24, 2.45) is 0 Å². The highest BCUT2D eigenvalue weighted by atomic mass is 16.5. The van der Waals surface area contributed by atoms with Gasteiger partial charge in [0, 0.05) is 36.1 Å². The summed E-state index contributed by atoms with van der Waals surface area (Å²) in [6.07, 6.45) is 3.51. The quantitative estimate of drug-likeness (QED) is 0.789. The summed E-state index contributed by atoms with van der Waals surface area (Å²) in [6, 6.07) is 8.47. The first-order valence-electron chi connectivity index (χ1n) is 9.15. The van der Waals surface area contributed by atoms with E-state index in [4.69, 9.17) is 4.74 Å². The van der Waals surface area contributed by atoms with Crippen LogP contribution in [0, 0.1) is 6.92 Å². The van der Waals surface area contributed by atoms with Crippen LogP contribution in [0.25, 0.3) is 0 Å². The first kappa shape index (κ1) is 18.8. The highest BCUT2D eigenvalue weighted by molar-refractivity contribution is 5.95. The van der Waals surface area contributed by atoms with E-state index in [1.54, 1.807) is 30.3 Å². The maximum atomic E-state index is 12.1. The number of ether oxygens (including phenoxy) is 1. The number of carbonyl (C=O) groups is 2. The lowest BCUT2D eigenvalue weighted by Gasteiger charge is -2.26. The second-order valence-electron chi connectivity index (χ2n) is 6.67. The fourth-order valence-electron chi connectivity index (χ4n) is 2.96. The number of hydrogen-bond acceptors (Lipinski definition) is 6. The van der Waals surface area contributed by atoms with E-state index < -0.39 is 0 Å². The first-order valence-corrected chi connectivity index (χ1v) is 9.15. The van der Waals surface area contributed by atoms with Gasteiger partial charge in [-0.25, -0.2) is 4.98 Å². The van der Waals surface area contributed by atoms with Crippen molar-refractivity contribution in [2.45, 2.75) is 33.1 Å². The highest BCUT2D eigenvalue weighted by Crippen LogP contribution is 2.19. The number of anilines is 2. The number of carbonyl (C=O) groups excluding carboxylic acids is 2. The van der Waals surface area contributed by atoms with Gasteiger partial charge in [-0.3, -0.25) is 9.59 Å². The van der Waals surface area contributed by atoms with Gasteiger partial charge >= 0.3 is 0 Å². The molecule has 7 nitrogen and oxygen atoms in total. The molecule has 1 N–H and O–H groups in total. The normalized spacial score (nSPS) is 13.9. The molecule has 0 unspecified atom stereocenters. The minimum Gasteiger partial charge on any atom is -0.467 e. The highest BCUT2D eigenvalue weighted by Gasteiger charge is 2.15. The zero-order valence-corrected chi connectivity index (χ0v) is 15.7. The largest absolute Gasteiger partial charge is 0.467 e. The van der Waals surface area contributed by atoms with Crippen LogP contribution in [0.3, 0.4) is 0 Å². The van der Waals surface area contributed by atoms with Crippen molar-refractivity contribution in [3.8, 4) is 5.88 Å². The second kappa shape index (κ2) is 8.62. The van der Waals surface area contributed by atoms with Crippen LogP contribution in [-0.2, 0) is 4.79 Å². The number of ketones is 1. The Hall–Kier alpha value is -2.96. The molecular formula is C20H24N4O3. The molecule has 27 heavy (non-hydrogen) atoms. The lowest BCUT2D eigenvalue weighted by atomic mass is 10.1. The maximum Gasteiger partial charge on any atom is 0.262 e. The van der Waals surface area contributed by atoms with E-state index in [2.05, 4.69) is 20.2 Å². The van der Waals surface area contributed by atoms with Gasteiger partial charge in [0.1, 0.15) is 0 Å². The van der Waals surface area contributed by atoms with Crippen molar-refractivity contribution in [3.05, 3.63) is 41.6 Å². The van der Waals surface area contributed by atoms with Crippen LogP contribution >= 0.6 is 0 Å². The minimum absolute atomic E-state index is 0.0140. The van der Waals surface area contributed by atoms with E-state index >= 15 is 0 Å². The molecule has 0 spiro atoms. The number of aryl methyl sites for hydroxylation is 1. The molecule has 2 heterocycles. The van der Waals surface area contributed by atoms with Gasteiger partial charge in [0.2, 0.25) is 11.8 Å². The Balaban J connectivity index is 1.58. The predicted octanol–water partition coefficient (Wildman–Crippen LogP) is 3.00. The van der Waals surface area contributed by atoms with Crippen molar-refractivity contribution in [3.63, 3.8) is 0 Å². The molecule has 1 aliphatic rings. The van der Waals surface area contributed by atoms with Gasteiger partial charge in [0.25, 0.3) is 5.91 Å². The molecule has 7 heteroatoms. The molecule has 0 aliphatic carbocycles. The number of piperidine rings is 1. The standard InChI is InChI=1S/C20H24N4O3/c1-14-12-19(23-20(21-14)24-10-4-3-5-11-24)27-13-18(26)22-17-8-6-16(7-9-17)15(2)25/h6-9,12H,3-5,10-11,13H2,1-2H3,(H,22,26). The van der Waals surface area contributed by atoms with E-state index in [0.717, 1.165) is 31.6 Å². The predicted molar refractivity (Wildman–Crippen MR) is 103 cm³/mol. The SMILES string of the molecule is CC(=O)c1ccc(NC(=O)COc2cc(C)nc(N3CCCCC3)n2)cc1. The van der Waals surface area contributed by atoms with Gasteiger partial charge in [-0.05, 0) is 57.4 Å². The summed E-state index contributed by atoms with van der Waals surface area (Å²) in [5.41, 5.74) is 2.02. The Bertz CT molecular complexity index is 814. The average molecular weight is 368 g/mol. The van der Waals surface area contributed by atoms with Crippen LogP contribution in [0.4, 0.5) is 11.6 Å². The molecule has 142 valence electrons. The monoisotopic (exact) mass is 368 g/mol. The van der Waals surface area contributed by atoms with Gasteiger partial charge in [-0.2, -0.15) is 4.98 Å². The first-order chi connectivity index (χ1) is 13.0. The third kappa shape index (κ3) is 5.26. The molecule has 3 rings (SSSR count). The van der Waals surface area contributed by atoms with E-state index in [1.165, 1.54) is 13.3 Å². The number of rotatable bonds is 6. The van der Waals surface area contributed by atoms with Crippen LogP contribution < -0.4 is 15.0 Å². The maximum absolute atomic E-state index is 12.1. The number of aromatic nitrogens is 2. The molecule has 0 atom stereocenters. The Morgan fingerprint density at radius 3 is 2.48 bits per heavy atom. The zero-order chi connectivity index (χ0) is 19.2. The van der Waals surface area contributed by atoms with E-state index in [0.29, 0.717) is 23.1 Å². The summed E-state index contributed by atoms with van der Waals surface area (Å²) in [5, 5.41) is 2.74. The van der Waals surface area contributed by atoms with E-state index in [9.17, 15) is 9.59 Å². The van der Waals surface area contributed by atoms with Crippen LogP contribution in [0.1, 0.15) is 42.2 Å². The van der Waals surface area contributed by atoms with Gasteiger partial charge in [0.05, 0.1) is 0 Å². The topological polar surface area (TPSA) is 84.4 Å². The number of hydrogen-bond donors (Lipinski definition) is 1. The number of nitrogens with zero attached hydrogens (tertiary/aromatic N) is 3. The minimum atomic E-state index is -0.290. The van der Waals surface area contributed by atoms with Gasteiger partial charge < -0.3 is 15.0 Å². The van der Waals surface area contributed by atoms with Crippen molar-refractivity contribution in [1.82, 2.24) is 9.97 Å². The third-order valence-electron chi connectivity index (χ3n) is 4.38. The molecule has 2 aromatic rings. The van der Waals surface area contributed by atoms with Crippen molar-refractivity contribution in [2.75, 3.05) is 29.9 Å². The third-order valence-corrected chi connectivity index (χ3v) is 4.38. The summed E-state index contributed by atoms with van der Waals surface area (Å²) in [7, 11) is 0. The van der Waals surface area contributed by atoms with Crippen LogP contribution in [-0.4, -0.2) is 41.4 Å². The molecule has 1 amide bonds. The summed E-state index contributed by atoms with van der Waals surface area (Å²) < 4.78 is 5.57. The summed E-state index contributed by atoms with van der Waals surface area (Å²) in [5.74, 6) is 0.747. The zero-order valence-electron chi connectivity index (χ0n) is 15.7. The van der Waals surface area contributed by atoms with Crippen LogP contribution in [0.15, 0.2) is 30.3 Å². The van der Waals surface area contributed by atoms with E-state index in [-0.39, 0.29) is 18.3 Å². The Kier molecular flexibility index (Phi) is 6.01. The Morgan fingerprint density at radius 2 is 1.81 bits per heavy atom. The lowest BCUT2D eigenvalue weighted by Crippen LogP contribution is -2.31. The average Bonchev–Trinajstić information content (AvgIpc) is 2.67. The Labute approximate surface area is 158 Å². The number of amides is 1. The van der Waals surface area contributed by atoms with Crippen LogP contribution in [0.2, 0.25) is 0 Å². The molecule has 0 saturated carbocycles. The fraction of sp³-hybridized carbons (Fsp3) is 0.400.